The van der Waals surface area contributed by atoms with Crippen LogP contribution in [0, 0.1) is 0 Å². The summed E-state index contributed by atoms with van der Waals surface area (Å²) in [5.41, 5.74) is 1.29. The number of benzene rings is 2. The number of carbonyl (C=O) groups excluding carboxylic acids is 1. The molecule has 0 bridgehead atoms. The van der Waals surface area contributed by atoms with Gasteiger partial charge in [-0.1, -0.05) is 51.4 Å². The molecule has 0 saturated carbocycles. The minimum Gasteiger partial charge on any atom is -0.465 e. The van der Waals surface area contributed by atoms with E-state index in [0.717, 1.165) is 26.1 Å². The molecule has 0 aromatic heterocycles. The summed E-state index contributed by atoms with van der Waals surface area (Å²) in [6.45, 7) is 0.142. The number of amides is 1. The molecule has 0 saturated heterocycles. The fourth-order valence-corrected chi connectivity index (χ4v) is 3.68. The van der Waals surface area contributed by atoms with Gasteiger partial charge in [0, 0.05) is 26.4 Å². The second-order valence-corrected chi connectivity index (χ2v) is 6.66. The van der Waals surface area contributed by atoms with Crippen molar-refractivity contribution in [3.05, 3.63) is 57.0 Å². The van der Waals surface area contributed by atoms with Crippen molar-refractivity contribution in [1.82, 2.24) is 5.32 Å². The monoisotopic (exact) mass is 399 g/mol. The Morgan fingerprint density at radius 2 is 2.14 bits per heavy atom. The van der Waals surface area contributed by atoms with Crippen LogP contribution in [0.4, 0.5) is 4.79 Å². The van der Waals surface area contributed by atoms with Crippen molar-refractivity contribution in [1.29, 1.82) is 0 Å². The van der Waals surface area contributed by atoms with Crippen molar-refractivity contribution in [2.45, 2.75) is 16.3 Å². The number of halogens is 2. The van der Waals surface area contributed by atoms with Gasteiger partial charge >= 0.3 is 6.09 Å². The number of hydrogen-bond acceptors (Lipinski definition) is 3. The SMILES string of the molecule is O=Cc1ccc(Br)cc1Sc1c(Cl)cccc1CNC(=O)O. The van der Waals surface area contributed by atoms with Crippen LogP contribution in [0.1, 0.15) is 15.9 Å². The van der Waals surface area contributed by atoms with Crippen LogP contribution in [0.25, 0.3) is 0 Å². The van der Waals surface area contributed by atoms with E-state index in [1.165, 1.54) is 11.8 Å². The van der Waals surface area contributed by atoms with Crippen molar-refractivity contribution in [2.75, 3.05) is 0 Å². The molecule has 2 aromatic carbocycles. The molecule has 2 N–H and O–H groups in total. The van der Waals surface area contributed by atoms with Gasteiger partial charge in [0.1, 0.15) is 0 Å². The Morgan fingerprint density at radius 3 is 2.82 bits per heavy atom. The highest BCUT2D eigenvalue weighted by Gasteiger charge is 2.12. The van der Waals surface area contributed by atoms with Gasteiger partial charge in [0.15, 0.2) is 6.29 Å². The molecule has 0 unspecified atom stereocenters. The largest absolute Gasteiger partial charge is 0.465 e. The first-order chi connectivity index (χ1) is 10.5. The zero-order chi connectivity index (χ0) is 16.1. The van der Waals surface area contributed by atoms with Gasteiger partial charge < -0.3 is 10.4 Å². The number of hydrogen-bond donors (Lipinski definition) is 2. The molecule has 7 heteroatoms. The van der Waals surface area contributed by atoms with Gasteiger partial charge in [0.25, 0.3) is 0 Å². The lowest BCUT2D eigenvalue weighted by molar-refractivity contribution is 0.112. The lowest BCUT2D eigenvalue weighted by Gasteiger charge is -2.12. The second-order valence-electron chi connectivity index (χ2n) is 4.29. The predicted octanol–water partition coefficient (Wildman–Crippen LogP) is 4.83. The Hall–Kier alpha value is -1.50. The third-order valence-electron chi connectivity index (χ3n) is 2.79. The number of rotatable bonds is 5. The summed E-state index contributed by atoms with van der Waals surface area (Å²) in [7, 11) is 0. The van der Waals surface area contributed by atoms with Crippen molar-refractivity contribution in [3.8, 4) is 0 Å². The normalized spacial score (nSPS) is 10.3. The summed E-state index contributed by atoms with van der Waals surface area (Å²) < 4.78 is 0.845. The Morgan fingerprint density at radius 1 is 1.36 bits per heavy atom. The highest BCUT2D eigenvalue weighted by molar-refractivity contribution is 9.10. The number of carboxylic acid groups (broad SMARTS) is 1. The van der Waals surface area contributed by atoms with Crippen LogP contribution in [0.15, 0.2) is 50.7 Å². The van der Waals surface area contributed by atoms with Gasteiger partial charge in [-0.2, -0.15) is 0 Å². The van der Waals surface area contributed by atoms with E-state index < -0.39 is 6.09 Å². The molecule has 0 aliphatic rings. The van der Waals surface area contributed by atoms with Crippen molar-refractivity contribution in [2.24, 2.45) is 0 Å². The van der Waals surface area contributed by atoms with E-state index in [1.807, 2.05) is 6.07 Å². The predicted molar refractivity (Wildman–Crippen MR) is 90.0 cm³/mol. The molecule has 0 aliphatic carbocycles. The van der Waals surface area contributed by atoms with Crippen LogP contribution in [0.3, 0.4) is 0 Å². The third kappa shape index (κ3) is 4.25. The van der Waals surface area contributed by atoms with E-state index in [2.05, 4.69) is 21.2 Å². The van der Waals surface area contributed by atoms with Gasteiger partial charge in [0.2, 0.25) is 0 Å². The smallest absolute Gasteiger partial charge is 0.404 e. The fourth-order valence-electron chi connectivity index (χ4n) is 1.78. The summed E-state index contributed by atoms with van der Waals surface area (Å²) >= 11 is 10.9. The summed E-state index contributed by atoms with van der Waals surface area (Å²) in [6, 6.07) is 10.6. The van der Waals surface area contributed by atoms with Gasteiger partial charge in [-0.3, -0.25) is 4.79 Å². The van der Waals surface area contributed by atoms with E-state index in [9.17, 15) is 9.59 Å². The first-order valence-electron chi connectivity index (χ1n) is 6.18. The molecular formula is C15H11BrClNO3S. The van der Waals surface area contributed by atoms with Crippen molar-refractivity contribution in [3.63, 3.8) is 0 Å². The molecule has 0 spiro atoms. The second kappa shape index (κ2) is 7.67. The lowest BCUT2D eigenvalue weighted by atomic mass is 10.2. The maximum Gasteiger partial charge on any atom is 0.404 e. The zero-order valence-corrected chi connectivity index (χ0v) is 14.3. The van der Waals surface area contributed by atoms with E-state index in [0.29, 0.717) is 10.6 Å². The first kappa shape index (κ1) is 16.9. The molecule has 114 valence electrons. The first-order valence-corrected chi connectivity index (χ1v) is 8.16. The standard InChI is InChI=1S/C15H11BrClNO3S/c16-11-5-4-10(8-19)13(6-11)22-14-9(7-18-15(20)21)2-1-3-12(14)17/h1-6,8,18H,7H2,(H,20,21). The minimum atomic E-state index is -1.10. The summed E-state index contributed by atoms with van der Waals surface area (Å²) in [5.74, 6) is 0. The summed E-state index contributed by atoms with van der Waals surface area (Å²) in [6.07, 6.45) is -0.326. The Bertz CT molecular complexity index is 724. The highest BCUT2D eigenvalue weighted by Crippen LogP contribution is 2.38. The van der Waals surface area contributed by atoms with Gasteiger partial charge in [-0.25, -0.2) is 4.79 Å². The molecular weight excluding hydrogens is 390 g/mol. The third-order valence-corrected chi connectivity index (χ3v) is 4.97. The number of nitrogens with one attached hydrogen (secondary N) is 1. The Balaban J connectivity index is 2.38. The average Bonchev–Trinajstić information content (AvgIpc) is 2.48. The number of carbonyl (C=O) groups is 2. The lowest BCUT2D eigenvalue weighted by Crippen LogP contribution is -2.20. The van der Waals surface area contributed by atoms with Crippen LogP contribution in [-0.4, -0.2) is 17.5 Å². The van der Waals surface area contributed by atoms with Crippen molar-refractivity contribution < 1.29 is 14.7 Å². The maximum absolute atomic E-state index is 11.2. The van der Waals surface area contributed by atoms with E-state index in [-0.39, 0.29) is 6.54 Å². The van der Waals surface area contributed by atoms with Gasteiger partial charge in [-0.15, -0.1) is 0 Å². The molecule has 0 radical (unpaired) electrons. The summed E-state index contributed by atoms with van der Waals surface area (Å²) in [4.78, 5) is 23.3. The van der Waals surface area contributed by atoms with Crippen LogP contribution in [0.2, 0.25) is 5.02 Å². The molecule has 22 heavy (non-hydrogen) atoms. The minimum absolute atomic E-state index is 0.142. The van der Waals surface area contributed by atoms with Crippen LogP contribution >= 0.6 is 39.3 Å². The van der Waals surface area contributed by atoms with E-state index in [1.54, 1.807) is 30.3 Å². The van der Waals surface area contributed by atoms with Gasteiger partial charge in [-0.05, 0) is 29.8 Å². The Kier molecular flexibility index (Phi) is 5.88. The molecule has 0 fully saturated rings. The highest BCUT2D eigenvalue weighted by atomic mass is 79.9. The molecule has 4 nitrogen and oxygen atoms in total. The fraction of sp³-hybridized carbons (Fsp3) is 0.0667. The van der Waals surface area contributed by atoms with Crippen LogP contribution in [-0.2, 0) is 6.54 Å². The summed E-state index contributed by atoms with van der Waals surface area (Å²) in [5, 5.41) is 11.6. The molecule has 0 heterocycles. The molecule has 0 aliphatic heterocycles. The van der Waals surface area contributed by atoms with Crippen LogP contribution < -0.4 is 5.32 Å². The maximum atomic E-state index is 11.2. The van der Waals surface area contributed by atoms with E-state index >= 15 is 0 Å². The molecule has 2 rings (SSSR count). The molecule has 1 amide bonds. The van der Waals surface area contributed by atoms with Crippen LogP contribution in [0.5, 0.6) is 0 Å². The molecule has 0 atom stereocenters. The van der Waals surface area contributed by atoms with Crippen molar-refractivity contribution >= 4 is 51.7 Å². The Labute approximate surface area is 145 Å². The topological polar surface area (TPSA) is 66.4 Å². The molecule has 2 aromatic rings. The van der Waals surface area contributed by atoms with Gasteiger partial charge in [0.05, 0.1) is 5.02 Å². The van der Waals surface area contributed by atoms with E-state index in [4.69, 9.17) is 16.7 Å². The quantitative estimate of drug-likeness (QED) is 0.705. The number of aldehydes is 1. The zero-order valence-electron chi connectivity index (χ0n) is 11.2. The average molecular weight is 401 g/mol.